The summed E-state index contributed by atoms with van der Waals surface area (Å²) in [5.74, 6) is -0.169. The molecule has 0 atom stereocenters. The molecule has 0 radical (unpaired) electrons. The third-order valence-electron chi connectivity index (χ3n) is 5.96. The molecule has 0 aliphatic heterocycles. The predicted octanol–water partition coefficient (Wildman–Crippen LogP) is 5.62. The fourth-order valence-electron chi connectivity index (χ4n) is 4.31. The molecule has 182 valence electrons. The van der Waals surface area contributed by atoms with E-state index in [1.807, 2.05) is 73.7 Å². The van der Waals surface area contributed by atoms with Crippen LogP contribution in [0.3, 0.4) is 0 Å². The van der Waals surface area contributed by atoms with Crippen LogP contribution in [0.25, 0.3) is 22.0 Å². The molecule has 0 bridgehead atoms. The number of nitrogens with zero attached hydrogens (tertiary/aromatic N) is 3. The Balaban J connectivity index is 1.36. The number of thioether (sulfide) groups is 1. The standard InChI is InChI=1S/C28H26N4O2S2/c1-19(16-20-10-4-2-5-11-20)17-29-31-24(33)18-35-28-30-26-25(22-14-8-9-15-23(22)36-26)27(34)32(28)21-12-6-3-7-13-21/h2-7,10-13,16-17H,8-9,14-15,18H2,1H3,(H,31,33)/b19-16+,29-17-. The largest absolute Gasteiger partial charge is 0.272 e. The number of hydrazone groups is 1. The van der Waals surface area contributed by atoms with E-state index in [9.17, 15) is 9.59 Å². The molecule has 0 spiro atoms. The van der Waals surface area contributed by atoms with Crippen molar-refractivity contribution in [3.63, 3.8) is 0 Å². The smallest absolute Gasteiger partial charge is 0.267 e. The van der Waals surface area contributed by atoms with Gasteiger partial charge in [0.05, 0.1) is 23.0 Å². The minimum Gasteiger partial charge on any atom is -0.272 e. The number of benzene rings is 2. The fourth-order valence-corrected chi connectivity index (χ4v) is 6.41. The van der Waals surface area contributed by atoms with Crippen molar-refractivity contribution in [2.45, 2.75) is 37.8 Å². The van der Waals surface area contributed by atoms with Gasteiger partial charge in [0.15, 0.2) is 5.16 Å². The maximum Gasteiger partial charge on any atom is 0.267 e. The van der Waals surface area contributed by atoms with Crippen LogP contribution in [0.15, 0.2) is 81.3 Å². The van der Waals surface area contributed by atoms with Crippen molar-refractivity contribution in [3.05, 3.63) is 92.6 Å². The van der Waals surface area contributed by atoms with Crippen molar-refractivity contribution in [2.75, 3.05) is 5.75 Å². The third-order valence-corrected chi connectivity index (χ3v) is 8.08. The highest BCUT2D eigenvalue weighted by atomic mass is 32.2. The number of hydrogen-bond donors (Lipinski definition) is 1. The molecule has 1 amide bonds. The second kappa shape index (κ2) is 11.1. The van der Waals surface area contributed by atoms with E-state index >= 15 is 0 Å². The van der Waals surface area contributed by atoms with Crippen molar-refractivity contribution in [3.8, 4) is 5.69 Å². The number of carbonyl (C=O) groups is 1. The van der Waals surface area contributed by atoms with Crippen LogP contribution in [0, 0.1) is 0 Å². The molecule has 8 heteroatoms. The molecule has 36 heavy (non-hydrogen) atoms. The molecular weight excluding hydrogens is 488 g/mol. The molecule has 1 aliphatic carbocycles. The maximum absolute atomic E-state index is 13.7. The number of nitrogens with one attached hydrogen (secondary N) is 1. The van der Waals surface area contributed by atoms with Gasteiger partial charge in [0, 0.05) is 4.88 Å². The molecule has 4 aromatic rings. The lowest BCUT2D eigenvalue weighted by Gasteiger charge is -2.13. The quantitative estimate of drug-likeness (QED) is 0.150. The van der Waals surface area contributed by atoms with E-state index in [0.29, 0.717) is 5.16 Å². The van der Waals surface area contributed by atoms with Crippen LogP contribution in [0.1, 0.15) is 35.8 Å². The van der Waals surface area contributed by atoms with E-state index in [0.717, 1.165) is 58.3 Å². The van der Waals surface area contributed by atoms with Gasteiger partial charge < -0.3 is 0 Å². The number of amides is 1. The Morgan fingerprint density at radius 2 is 1.83 bits per heavy atom. The van der Waals surface area contributed by atoms with Gasteiger partial charge in [-0.25, -0.2) is 10.4 Å². The third kappa shape index (κ3) is 5.34. The number of hydrogen-bond acceptors (Lipinski definition) is 6. The van der Waals surface area contributed by atoms with Crippen LogP contribution in [0.4, 0.5) is 0 Å². The number of aryl methyl sites for hydroxylation is 2. The van der Waals surface area contributed by atoms with Gasteiger partial charge in [0.25, 0.3) is 11.5 Å². The van der Waals surface area contributed by atoms with E-state index in [1.54, 1.807) is 22.1 Å². The topological polar surface area (TPSA) is 76.3 Å². The Hall–Kier alpha value is -3.49. The zero-order valence-electron chi connectivity index (χ0n) is 19.9. The van der Waals surface area contributed by atoms with E-state index in [2.05, 4.69) is 10.5 Å². The average Bonchev–Trinajstić information content (AvgIpc) is 3.27. The number of allylic oxidation sites excluding steroid dienone is 1. The van der Waals surface area contributed by atoms with Crippen molar-refractivity contribution < 1.29 is 4.79 Å². The molecule has 1 aliphatic rings. The SMILES string of the molecule is CC(/C=N\NC(=O)CSc1nc2sc3c(c2c(=O)n1-c1ccccc1)CCCC3)=C\c1ccccc1. The number of fused-ring (bicyclic) bond motifs is 3. The maximum atomic E-state index is 13.7. The number of rotatable bonds is 7. The minimum atomic E-state index is -0.261. The van der Waals surface area contributed by atoms with Gasteiger partial charge in [-0.2, -0.15) is 5.10 Å². The van der Waals surface area contributed by atoms with Crippen LogP contribution in [-0.2, 0) is 17.6 Å². The first-order valence-electron chi connectivity index (χ1n) is 11.9. The molecule has 0 saturated carbocycles. The second-order valence-corrected chi connectivity index (χ2v) is 10.7. The second-order valence-electron chi connectivity index (χ2n) is 8.64. The zero-order chi connectivity index (χ0) is 24.9. The van der Waals surface area contributed by atoms with E-state index in [-0.39, 0.29) is 17.2 Å². The van der Waals surface area contributed by atoms with Crippen molar-refractivity contribution in [1.29, 1.82) is 0 Å². The summed E-state index contributed by atoms with van der Waals surface area (Å²) in [5, 5.41) is 5.32. The van der Waals surface area contributed by atoms with E-state index in [4.69, 9.17) is 4.98 Å². The van der Waals surface area contributed by atoms with Crippen molar-refractivity contribution >= 4 is 51.5 Å². The summed E-state index contributed by atoms with van der Waals surface area (Å²) >= 11 is 2.86. The summed E-state index contributed by atoms with van der Waals surface area (Å²) in [6.07, 6.45) is 7.78. The van der Waals surface area contributed by atoms with Gasteiger partial charge in [-0.3, -0.25) is 14.2 Å². The van der Waals surface area contributed by atoms with Crippen molar-refractivity contribution in [1.82, 2.24) is 15.0 Å². The molecule has 2 aromatic heterocycles. The van der Waals surface area contributed by atoms with Crippen LogP contribution < -0.4 is 11.0 Å². The molecule has 0 fully saturated rings. The summed E-state index contributed by atoms with van der Waals surface area (Å²) in [5.41, 5.74) is 6.40. The molecule has 6 nitrogen and oxygen atoms in total. The van der Waals surface area contributed by atoms with Gasteiger partial charge in [-0.15, -0.1) is 11.3 Å². The van der Waals surface area contributed by atoms with Crippen molar-refractivity contribution in [2.24, 2.45) is 5.10 Å². The minimum absolute atomic E-state index is 0.0618. The molecule has 2 heterocycles. The summed E-state index contributed by atoms with van der Waals surface area (Å²) in [7, 11) is 0. The average molecular weight is 515 g/mol. The number of para-hydroxylation sites is 1. The monoisotopic (exact) mass is 514 g/mol. The molecule has 0 unspecified atom stereocenters. The predicted molar refractivity (Wildman–Crippen MR) is 149 cm³/mol. The Kier molecular flexibility index (Phi) is 7.44. The normalized spacial score (nSPS) is 13.8. The first-order chi connectivity index (χ1) is 17.6. The van der Waals surface area contributed by atoms with Gasteiger partial charge in [0.2, 0.25) is 0 Å². The first kappa shape index (κ1) is 24.2. The number of thiophene rings is 1. The fraction of sp³-hybridized carbons (Fsp3) is 0.214. The lowest BCUT2D eigenvalue weighted by molar-refractivity contribution is -0.118. The first-order valence-corrected chi connectivity index (χ1v) is 13.7. The van der Waals surface area contributed by atoms with Gasteiger partial charge in [-0.1, -0.05) is 66.4 Å². The molecule has 1 N–H and O–H groups in total. The summed E-state index contributed by atoms with van der Waals surface area (Å²) in [4.78, 5) is 33.1. The highest BCUT2D eigenvalue weighted by Crippen LogP contribution is 2.35. The lowest BCUT2D eigenvalue weighted by atomic mass is 9.97. The Morgan fingerprint density at radius 3 is 2.61 bits per heavy atom. The Labute approximate surface area is 217 Å². The zero-order valence-corrected chi connectivity index (χ0v) is 21.6. The lowest BCUT2D eigenvalue weighted by Crippen LogP contribution is -2.24. The van der Waals surface area contributed by atoms with Crippen LogP contribution in [0.5, 0.6) is 0 Å². The Bertz CT molecular complexity index is 1510. The van der Waals surface area contributed by atoms with Crippen LogP contribution in [-0.4, -0.2) is 27.4 Å². The summed E-state index contributed by atoms with van der Waals surface area (Å²) in [6, 6.07) is 19.4. The number of aromatic nitrogens is 2. The van der Waals surface area contributed by atoms with Gasteiger partial charge in [0.1, 0.15) is 4.83 Å². The van der Waals surface area contributed by atoms with Gasteiger partial charge in [-0.05, 0) is 61.4 Å². The highest BCUT2D eigenvalue weighted by molar-refractivity contribution is 7.99. The molecular formula is C28H26N4O2S2. The molecule has 5 rings (SSSR count). The van der Waals surface area contributed by atoms with E-state index in [1.165, 1.54) is 16.6 Å². The molecule has 2 aromatic carbocycles. The Morgan fingerprint density at radius 1 is 1.11 bits per heavy atom. The van der Waals surface area contributed by atoms with Crippen LogP contribution in [0.2, 0.25) is 0 Å². The van der Waals surface area contributed by atoms with Crippen LogP contribution >= 0.6 is 23.1 Å². The summed E-state index contributed by atoms with van der Waals surface area (Å²) < 4.78 is 1.64. The van der Waals surface area contributed by atoms with Gasteiger partial charge >= 0.3 is 0 Å². The van der Waals surface area contributed by atoms with E-state index < -0.39 is 0 Å². The molecule has 0 saturated heterocycles. The highest BCUT2D eigenvalue weighted by Gasteiger charge is 2.23. The summed E-state index contributed by atoms with van der Waals surface area (Å²) in [6.45, 7) is 1.93. The number of carbonyl (C=O) groups excluding carboxylic acids is 1.